The third-order valence-electron chi connectivity index (χ3n) is 2.50. The Balaban J connectivity index is 2.41. The minimum absolute atomic E-state index is 0.680. The van der Waals surface area contributed by atoms with Gasteiger partial charge in [0.15, 0.2) is 0 Å². The number of hydrogen-bond acceptors (Lipinski definition) is 3. The molecule has 0 aliphatic carbocycles. The minimum Gasteiger partial charge on any atom is -0.492 e. The highest BCUT2D eigenvalue weighted by atomic mass is 79.9. The Kier molecular flexibility index (Phi) is 8.05. The lowest BCUT2D eigenvalue weighted by Gasteiger charge is -2.10. The molecule has 1 rings (SSSR count). The third kappa shape index (κ3) is 5.85. The standard InChI is InChI=1S/C14H22BrNO2/c1-3-7-16-11-12-5-6-14(13(15)10-12)18-9-4-8-17-2/h5-6,10,16H,3-4,7-9,11H2,1-2H3. The van der Waals surface area contributed by atoms with Crippen molar-refractivity contribution in [2.45, 2.75) is 26.3 Å². The Bertz CT molecular complexity index is 345. The van der Waals surface area contributed by atoms with Crippen LogP contribution in [0.4, 0.5) is 0 Å². The molecule has 4 heteroatoms. The second-order valence-corrected chi connectivity index (χ2v) is 4.99. The fraction of sp³-hybridized carbons (Fsp3) is 0.571. The average Bonchev–Trinajstić information content (AvgIpc) is 2.37. The number of nitrogens with one attached hydrogen (secondary N) is 1. The highest BCUT2D eigenvalue weighted by Crippen LogP contribution is 2.26. The Morgan fingerprint density at radius 2 is 2.11 bits per heavy atom. The Morgan fingerprint density at radius 3 is 2.78 bits per heavy atom. The van der Waals surface area contributed by atoms with Crippen LogP contribution in [0.2, 0.25) is 0 Å². The van der Waals surface area contributed by atoms with Crippen LogP contribution in [0.3, 0.4) is 0 Å². The van der Waals surface area contributed by atoms with Gasteiger partial charge in [0.05, 0.1) is 11.1 Å². The number of methoxy groups -OCH3 is 1. The largest absolute Gasteiger partial charge is 0.492 e. The molecule has 0 spiro atoms. The van der Waals surface area contributed by atoms with Gasteiger partial charge in [-0.25, -0.2) is 0 Å². The maximum absolute atomic E-state index is 5.67. The van der Waals surface area contributed by atoms with Gasteiger partial charge in [0.2, 0.25) is 0 Å². The monoisotopic (exact) mass is 315 g/mol. The van der Waals surface area contributed by atoms with Crippen LogP contribution in [0.1, 0.15) is 25.3 Å². The molecule has 1 N–H and O–H groups in total. The van der Waals surface area contributed by atoms with E-state index in [2.05, 4.69) is 40.3 Å². The van der Waals surface area contributed by atoms with Crippen molar-refractivity contribution in [3.63, 3.8) is 0 Å². The Labute approximate surface area is 118 Å². The maximum atomic E-state index is 5.67. The molecule has 0 heterocycles. The smallest absolute Gasteiger partial charge is 0.133 e. The van der Waals surface area contributed by atoms with Gasteiger partial charge in [-0.05, 0) is 46.6 Å². The third-order valence-corrected chi connectivity index (χ3v) is 3.12. The van der Waals surface area contributed by atoms with Crippen LogP contribution in [0.5, 0.6) is 5.75 Å². The summed E-state index contributed by atoms with van der Waals surface area (Å²) in [5, 5.41) is 3.38. The summed E-state index contributed by atoms with van der Waals surface area (Å²) in [6.45, 7) is 5.53. The summed E-state index contributed by atoms with van der Waals surface area (Å²) >= 11 is 3.54. The van der Waals surface area contributed by atoms with Gasteiger partial charge in [-0.1, -0.05) is 13.0 Å². The van der Waals surface area contributed by atoms with Crippen LogP contribution >= 0.6 is 15.9 Å². The predicted octanol–water partition coefficient (Wildman–Crippen LogP) is 3.36. The molecule has 18 heavy (non-hydrogen) atoms. The van der Waals surface area contributed by atoms with E-state index in [1.165, 1.54) is 5.56 Å². The number of ether oxygens (including phenoxy) is 2. The summed E-state index contributed by atoms with van der Waals surface area (Å²) in [5.74, 6) is 0.894. The predicted molar refractivity (Wildman–Crippen MR) is 78.1 cm³/mol. The zero-order chi connectivity index (χ0) is 13.2. The van der Waals surface area contributed by atoms with Crippen molar-refractivity contribution in [3.05, 3.63) is 28.2 Å². The Hall–Kier alpha value is -0.580. The fourth-order valence-electron chi connectivity index (χ4n) is 1.57. The van der Waals surface area contributed by atoms with Gasteiger partial charge >= 0.3 is 0 Å². The lowest BCUT2D eigenvalue weighted by molar-refractivity contribution is 0.172. The minimum atomic E-state index is 0.680. The first-order valence-electron chi connectivity index (χ1n) is 6.38. The summed E-state index contributed by atoms with van der Waals surface area (Å²) in [4.78, 5) is 0. The molecule has 0 fully saturated rings. The molecular weight excluding hydrogens is 294 g/mol. The first-order valence-corrected chi connectivity index (χ1v) is 7.18. The second-order valence-electron chi connectivity index (χ2n) is 4.14. The van der Waals surface area contributed by atoms with Gasteiger partial charge in [-0.15, -0.1) is 0 Å². The van der Waals surface area contributed by atoms with Gasteiger partial charge < -0.3 is 14.8 Å². The highest BCUT2D eigenvalue weighted by Gasteiger charge is 2.02. The van der Waals surface area contributed by atoms with E-state index in [-0.39, 0.29) is 0 Å². The SMILES string of the molecule is CCCNCc1ccc(OCCCOC)c(Br)c1. The van der Waals surface area contributed by atoms with Crippen molar-refractivity contribution >= 4 is 15.9 Å². The molecule has 0 bridgehead atoms. The van der Waals surface area contributed by atoms with Crippen LogP contribution < -0.4 is 10.1 Å². The quantitative estimate of drug-likeness (QED) is 0.709. The molecule has 1 aromatic carbocycles. The molecule has 0 atom stereocenters. The lowest BCUT2D eigenvalue weighted by Crippen LogP contribution is -2.13. The normalized spacial score (nSPS) is 10.6. The molecule has 0 aliphatic heterocycles. The van der Waals surface area contributed by atoms with E-state index in [0.29, 0.717) is 6.61 Å². The summed E-state index contributed by atoms with van der Waals surface area (Å²) in [5.41, 5.74) is 1.26. The molecule has 3 nitrogen and oxygen atoms in total. The van der Waals surface area contributed by atoms with Crippen molar-refractivity contribution in [3.8, 4) is 5.75 Å². The molecule has 0 amide bonds. The van der Waals surface area contributed by atoms with Crippen LogP contribution in [0.15, 0.2) is 22.7 Å². The van der Waals surface area contributed by atoms with Crippen molar-refractivity contribution < 1.29 is 9.47 Å². The number of benzene rings is 1. The van der Waals surface area contributed by atoms with E-state index < -0.39 is 0 Å². The van der Waals surface area contributed by atoms with Crippen LogP contribution in [-0.4, -0.2) is 26.9 Å². The summed E-state index contributed by atoms with van der Waals surface area (Å²) in [6.07, 6.45) is 2.06. The van der Waals surface area contributed by atoms with Gasteiger partial charge in [0.25, 0.3) is 0 Å². The first kappa shape index (κ1) is 15.5. The van der Waals surface area contributed by atoms with E-state index in [4.69, 9.17) is 9.47 Å². The summed E-state index contributed by atoms with van der Waals surface area (Å²) in [7, 11) is 1.70. The van der Waals surface area contributed by atoms with Crippen molar-refractivity contribution in [1.82, 2.24) is 5.32 Å². The van der Waals surface area contributed by atoms with E-state index in [0.717, 1.165) is 42.8 Å². The molecule has 0 radical (unpaired) electrons. The molecule has 0 saturated carbocycles. The number of halogens is 1. The molecular formula is C14H22BrNO2. The van der Waals surface area contributed by atoms with Gasteiger partial charge in [0, 0.05) is 26.7 Å². The molecule has 0 unspecified atom stereocenters. The van der Waals surface area contributed by atoms with Crippen molar-refractivity contribution in [1.29, 1.82) is 0 Å². The van der Waals surface area contributed by atoms with Crippen LogP contribution in [0.25, 0.3) is 0 Å². The number of hydrogen-bond donors (Lipinski definition) is 1. The first-order chi connectivity index (χ1) is 8.77. The highest BCUT2D eigenvalue weighted by molar-refractivity contribution is 9.10. The molecule has 102 valence electrons. The summed E-state index contributed by atoms with van der Waals surface area (Å²) in [6, 6.07) is 6.22. The Morgan fingerprint density at radius 1 is 1.28 bits per heavy atom. The van der Waals surface area contributed by atoms with Gasteiger partial charge in [-0.3, -0.25) is 0 Å². The number of rotatable bonds is 9. The fourth-order valence-corrected chi connectivity index (χ4v) is 2.11. The van der Waals surface area contributed by atoms with E-state index in [1.807, 2.05) is 6.07 Å². The summed E-state index contributed by atoms with van der Waals surface area (Å²) < 4.78 is 11.7. The molecule has 0 saturated heterocycles. The van der Waals surface area contributed by atoms with Crippen LogP contribution in [0, 0.1) is 0 Å². The maximum Gasteiger partial charge on any atom is 0.133 e. The topological polar surface area (TPSA) is 30.5 Å². The van der Waals surface area contributed by atoms with E-state index >= 15 is 0 Å². The zero-order valence-corrected chi connectivity index (χ0v) is 12.8. The van der Waals surface area contributed by atoms with Gasteiger partial charge in [0.1, 0.15) is 5.75 Å². The van der Waals surface area contributed by atoms with Gasteiger partial charge in [-0.2, -0.15) is 0 Å². The van der Waals surface area contributed by atoms with E-state index in [1.54, 1.807) is 7.11 Å². The lowest BCUT2D eigenvalue weighted by atomic mass is 10.2. The van der Waals surface area contributed by atoms with Crippen molar-refractivity contribution in [2.75, 3.05) is 26.9 Å². The average molecular weight is 316 g/mol. The zero-order valence-electron chi connectivity index (χ0n) is 11.2. The molecule has 0 aromatic heterocycles. The van der Waals surface area contributed by atoms with Crippen molar-refractivity contribution in [2.24, 2.45) is 0 Å². The van der Waals surface area contributed by atoms with Crippen LogP contribution in [-0.2, 0) is 11.3 Å². The molecule has 0 aliphatic rings. The molecule has 1 aromatic rings. The second kappa shape index (κ2) is 9.36. The van der Waals surface area contributed by atoms with E-state index in [9.17, 15) is 0 Å².